The Morgan fingerprint density at radius 1 is 1.05 bits per heavy atom. The normalized spacial score (nSPS) is 15.4. The molecule has 3 nitrogen and oxygen atoms in total. The molecule has 1 aromatic rings. The second-order valence-corrected chi connectivity index (χ2v) is 5.80. The molecule has 0 amide bonds. The van der Waals surface area contributed by atoms with E-state index in [1.165, 1.54) is 44.1 Å². The maximum Gasteiger partial charge on any atom is 0.123 e. The zero-order valence-corrected chi connectivity index (χ0v) is 13.1. The fraction of sp³-hybridized carbons (Fsp3) is 0.611. The molecule has 116 valence electrons. The van der Waals surface area contributed by atoms with E-state index in [1.54, 1.807) is 0 Å². The number of benzene rings is 1. The number of hydrogen-bond donors (Lipinski definition) is 1. The lowest BCUT2D eigenvalue weighted by Gasteiger charge is -2.10. The summed E-state index contributed by atoms with van der Waals surface area (Å²) in [5.41, 5.74) is 3.04. The fourth-order valence-corrected chi connectivity index (χ4v) is 2.95. The number of unbranched alkanes of at least 4 members (excludes halogenated alkanes) is 6. The Kier molecular flexibility index (Phi) is 6.58. The first kappa shape index (κ1) is 15.9. The maximum absolute atomic E-state index is 8.99. The SMILES string of the molecule is CCCCCCCCCOc1cccc2c1CCC2=NO. The molecule has 1 aliphatic carbocycles. The highest BCUT2D eigenvalue weighted by atomic mass is 16.5. The molecule has 0 saturated heterocycles. The van der Waals surface area contributed by atoms with E-state index in [1.807, 2.05) is 18.2 Å². The van der Waals surface area contributed by atoms with Gasteiger partial charge in [0.25, 0.3) is 0 Å². The average Bonchev–Trinajstić information content (AvgIpc) is 2.94. The predicted octanol–water partition coefficient (Wildman–Crippen LogP) is 4.94. The zero-order valence-electron chi connectivity index (χ0n) is 13.1. The quantitative estimate of drug-likeness (QED) is 0.397. The van der Waals surface area contributed by atoms with Crippen molar-refractivity contribution >= 4 is 5.71 Å². The molecule has 0 saturated carbocycles. The van der Waals surface area contributed by atoms with E-state index < -0.39 is 0 Å². The number of nitrogens with zero attached hydrogens (tertiary/aromatic N) is 1. The van der Waals surface area contributed by atoms with Crippen LogP contribution in [0, 0.1) is 0 Å². The summed E-state index contributed by atoms with van der Waals surface area (Å²) in [6, 6.07) is 6.02. The lowest BCUT2D eigenvalue weighted by atomic mass is 10.1. The summed E-state index contributed by atoms with van der Waals surface area (Å²) in [7, 11) is 0. The van der Waals surface area contributed by atoms with E-state index in [0.29, 0.717) is 0 Å². The van der Waals surface area contributed by atoms with E-state index in [-0.39, 0.29) is 0 Å². The van der Waals surface area contributed by atoms with Crippen LogP contribution in [0.5, 0.6) is 5.75 Å². The highest BCUT2D eigenvalue weighted by molar-refractivity contribution is 6.04. The molecule has 0 bridgehead atoms. The summed E-state index contributed by atoms with van der Waals surface area (Å²) < 4.78 is 5.93. The second kappa shape index (κ2) is 8.71. The molecule has 3 heteroatoms. The first-order valence-electron chi connectivity index (χ1n) is 8.32. The standard InChI is InChI=1S/C18H27NO2/c1-2-3-4-5-6-7-8-14-21-18-11-9-10-15-16(18)12-13-17(15)19-20/h9-11,20H,2-8,12-14H2,1H3. The number of fused-ring (bicyclic) bond motifs is 1. The summed E-state index contributed by atoms with van der Waals surface area (Å²) in [5, 5.41) is 12.4. The van der Waals surface area contributed by atoms with E-state index in [0.717, 1.165) is 42.9 Å². The summed E-state index contributed by atoms with van der Waals surface area (Å²) in [6.45, 7) is 3.04. The van der Waals surface area contributed by atoms with Gasteiger partial charge < -0.3 is 9.94 Å². The molecular weight excluding hydrogens is 262 g/mol. The van der Waals surface area contributed by atoms with Crippen LogP contribution >= 0.6 is 0 Å². The van der Waals surface area contributed by atoms with Crippen molar-refractivity contribution in [3.05, 3.63) is 29.3 Å². The Hall–Kier alpha value is -1.51. The number of oxime groups is 1. The van der Waals surface area contributed by atoms with Crippen molar-refractivity contribution in [1.82, 2.24) is 0 Å². The van der Waals surface area contributed by atoms with Gasteiger partial charge in [0.2, 0.25) is 0 Å². The van der Waals surface area contributed by atoms with Crippen molar-refractivity contribution in [2.75, 3.05) is 6.61 Å². The maximum atomic E-state index is 8.99. The van der Waals surface area contributed by atoms with Gasteiger partial charge in [-0.05, 0) is 25.3 Å². The molecular formula is C18H27NO2. The van der Waals surface area contributed by atoms with Crippen LogP contribution in [0.4, 0.5) is 0 Å². The van der Waals surface area contributed by atoms with E-state index >= 15 is 0 Å². The minimum Gasteiger partial charge on any atom is -0.493 e. The Balaban J connectivity index is 1.71. The third kappa shape index (κ3) is 4.48. The van der Waals surface area contributed by atoms with Crippen LogP contribution < -0.4 is 4.74 Å². The summed E-state index contributed by atoms with van der Waals surface area (Å²) in [6.07, 6.45) is 10.8. The fourth-order valence-electron chi connectivity index (χ4n) is 2.95. The van der Waals surface area contributed by atoms with Gasteiger partial charge >= 0.3 is 0 Å². The van der Waals surface area contributed by atoms with E-state index in [4.69, 9.17) is 9.94 Å². The molecule has 0 aromatic heterocycles. The highest BCUT2D eigenvalue weighted by Gasteiger charge is 2.21. The van der Waals surface area contributed by atoms with E-state index in [9.17, 15) is 0 Å². The third-order valence-corrected chi connectivity index (χ3v) is 4.18. The van der Waals surface area contributed by atoms with Gasteiger partial charge in [-0.15, -0.1) is 0 Å². The van der Waals surface area contributed by atoms with Crippen LogP contribution in [0.3, 0.4) is 0 Å². The third-order valence-electron chi connectivity index (χ3n) is 4.18. The van der Waals surface area contributed by atoms with Gasteiger partial charge in [-0.3, -0.25) is 0 Å². The van der Waals surface area contributed by atoms with Gasteiger partial charge in [0.05, 0.1) is 12.3 Å². The van der Waals surface area contributed by atoms with Crippen LogP contribution in [0.2, 0.25) is 0 Å². The molecule has 0 aliphatic heterocycles. The molecule has 1 aromatic carbocycles. The molecule has 0 atom stereocenters. The number of ether oxygens (including phenoxy) is 1. The van der Waals surface area contributed by atoms with Gasteiger partial charge in [0.15, 0.2) is 0 Å². The van der Waals surface area contributed by atoms with Crippen molar-refractivity contribution < 1.29 is 9.94 Å². The number of rotatable bonds is 9. The Labute approximate surface area is 128 Å². The Morgan fingerprint density at radius 2 is 1.81 bits per heavy atom. The molecule has 1 aliphatic rings. The number of hydrogen-bond acceptors (Lipinski definition) is 3. The highest BCUT2D eigenvalue weighted by Crippen LogP contribution is 2.31. The van der Waals surface area contributed by atoms with Crippen LogP contribution in [0.1, 0.15) is 69.4 Å². The van der Waals surface area contributed by atoms with Crippen molar-refractivity contribution in [2.45, 2.75) is 64.7 Å². The van der Waals surface area contributed by atoms with Gasteiger partial charge in [0.1, 0.15) is 5.75 Å². The van der Waals surface area contributed by atoms with Gasteiger partial charge in [-0.1, -0.05) is 62.7 Å². The monoisotopic (exact) mass is 289 g/mol. The predicted molar refractivity (Wildman–Crippen MR) is 86.6 cm³/mol. The van der Waals surface area contributed by atoms with Crippen LogP contribution in [-0.2, 0) is 6.42 Å². The first-order valence-corrected chi connectivity index (χ1v) is 8.32. The Morgan fingerprint density at radius 3 is 2.57 bits per heavy atom. The smallest absolute Gasteiger partial charge is 0.123 e. The molecule has 0 heterocycles. The first-order chi connectivity index (χ1) is 10.4. The Bertz CT molecular complexity index is 468. The second-order valence-electron chi connectivity index (χ2n) is 5.80. The average molecular weight is 289 g/mol. The summed E-state index contributed by atoms with van der Waals surface area (Å²) >= 11 is 0. The largest absolute Gasteiger partial charge is 0.493 e. The topological polar surface area (TPSA) is 41.8 Å². The zero-order chi connectivity index (χ0) is 14.9. The lowest BCUT2D eigenvalue weighted by Crippen LogP contribution is -2.01. The molecule has 21 heavy (non-hydrogen) atoms. The summed E-state index contributed by atoms with van der Waals surface area (Å²) in [4.78, 5) is 0. The van der Waals surface area contributed by atoms with E-state index in [2.05, 4.69) is 12.1 Å². The van der Waals surface area contributed by atoms with Crippen molar-refractivity contribution in [2.24, 2.45) is 5.16 Å². The minimum absolute atomic E-state index is 0.784. The van der Waals surface area contributed by atoms with Crippen LogP contribution in [-0.4, -0.2) is 17.5 Å². The van der Waals surface area contributed by atoms with Crippen molar-refractivity contribution in [3.8, 4) is 5.75 Å². The molecule has 0 fully saturated rings. The molecule has 0 unspecified atom stereocenters. The summed E-state index contributed by atoms with van der Waals surface area (Å²) in [5.74, 6) is 0.970. The minimum atomic E-state index is 0.784. The molecule has 0 spiro atoms. The van der Waals surface area contributed by atoms with Crippen LogP contribution in [0.15, 0.2) is 23.4 Å². The lowest BCUT2D eigenvalue weighted by molar-refractivity contribution is 0.301. The van der Waals surface area contributed by atoms with Gasteiger partial charge in [-0.2, -0.15) is 0 Å². The van der Waals surface area contributed by atoms with Crippen molar-refractivity contribution in [3.63, 3.8) is 0 Å². The molecule has 1 N–H and O–H groups in total. The molecule has 0 radical (unpaired) electrons. The van der Waals surface area contributed by atoms with Crippen molar-refractivity contribution in [1.29, 1.82) is 0 Å². The van der Waals surface area contributed by atoms with Gasteiger partial charge in [0, 0.05) is 11.1 Å². The van der Waals surface area contributed by atoms with Gasteiger partial charge in [-0.25, -0.2) is 0 Å². The van der Waals surface area contributed by atoms with Crippen LogP contribution in [0.25, 0.3) is 0 Å². The molecule has 2 rings (SSSR count).